The molecule has 0 radical (unpaired) electrons. The maximum absolute atomic E-state index is 13.4. The summed E-state index contributed by atoms with van der Waals surface area (Å²) in [6.45, 7) is -0.0372. The highest BCUT2D eigenvalue weighted by atomic mass is 35.5. The van der Waals surface area contributed by atoms with Gasteiger partial charge in [-0.05, 0) is 12.1 Å². The van der Waals surface area contributed by atoms with Crippen LogP contribution in [0.2, 0.25) is 5.02 Å². The molecule has 0 aliphatic rings. The van der Waals surface area contributed by atoms with Crippen molar-refractivity contribution in [1.82, 2.24) is 5.32 Å². The fourth-order valence-electron chi connectivity index (χ4n) is 1.75. The lowest BCUT2D eigenvalue weighted by Gasteiger charge is -2.07. The quantitative estimate of drug-likeness (QED) is 0.695. The average Bonchev–Trinajstić information content (AvgIpc) is 2.46. The summed E-state index contributed by atoms with van der Waals surface area (Å²) < 4.78 is 13.4. The van der Waals surface area contributed by atoms with Crippen molar-refractivity contribution in [3.05, 3.63) is 74.5 Å². The van der Waals surface area contributed by atoms with Gasteiger partial charge in [0.2, 0.25) is 0 Å². The highest BCUT2D eigenvalue weighted by Crippen LogP contribution is 2.27. The third-order valence-electron chi connectivity index (χ3n) is 2.82. The Morgan fingerprint density at radius 3 is 2.62 bits per heavy atom. The SMILES string of the molecule is O=C(NCc1ccccc1F)c1cccc([N+](=O)[O-])c1Cl. The molecule has 0 spiro atoms. The number of amides is 1. The Labute approximate surface area is 124 Å². The first-order chi connectivity index (χ1) is 10.0. The number of carbonyl (C=O) groups is 1. The molecule has 0 fully saturated rings. The van der Waals surface area contributed by atoms with Gasteiger partial charge in [-0.15, -0.1) is 0 Å². The van der Waals surface area contributed by atoms with Gasteiger partial charge in [-0.1, -0.05) is 35.9 Å². The summed E-state index contributed by atoms with van der Waals surface area (Å²) in [4.78, 5) is 22.1. The fourth-order valence-corrected chi connectivity index (χ4v) is 2.03. The number of rotatable bonds is 4. The molecule has 0 aromatic heterocycles. The van der Waals surface area contributed by atoms with Gasteiger partial charge in [0.25, 0.3) is 11.6 Å². The van der Waals surface area contributed by atoms with Gasteiger partial charge in [-0.25, -0.2) is 4.39 Å². The second-order valence-corrected chi connectivity index (χ2v) is 4.55. The average molecular weight is 309 g/mol. The monoisotopic (exact) mass is 308 g/mol. The van der Waals surface area contributed by atoms with Crippen LogP contribution >= 0.6 is 11.6 Å². The van der Waals surface area contributed by atoms with Crippen LogP contribution in [0.5, 0.6) is 0 Å². The lowest BCUT2D eigenvalue weighted by molar-refractivity contribution is -0.384. The molecule has 2 aromatic carbocycles. The Morgan fingerprint density at radius 2 is 1.95 bits per heavy atom. The molecule has 1 amide bonds. The number of halogens is 2. The molecule has 0 aliphatic heterocycles. The Morgan fingerprint density at radius 1 is 1.24 bits per heavy atom. The van der Waals surface area contributed by atoms with Crippen molar-refractivity contribution < 1.29 is 14.1 Å². The van der Waals surface area contributed by atoms with E-state index in [4.69, 9.17) is 11.6 Å². The van der Waals surface area contributed by atoms with E-state index in [0.29, 0.717) is 5.56 Å². The summed E-state index contributed by atoms with van der Waals surface area (Å²) in [5, 5.41) is 13.0. The van der Waals surface area contributed by atoms with Crippen LogP contribution in [0.1, 0.15) is 15.9 Å². The van der Waals surface area contributed by atoms with E-state index in [1.165, 1.54) is 36.4 Å². The van der Waals surface area contributed by atoms with Crippen molar-refractivity contribution in [2.24, 2.45) is 0 Å². The first kappa shape index (κ1) is 14.9. The van der Waals surface area contributed by atoms with Crippen LogP contribution in [-0.2, 0) is 6.54 Å². The van der Waals surface area contributed by atoms with Crippen molar-refractivity contribution in [2.45, 2.75) is 6.54 Å². The number of hydrogen-bond donors (Lipinski definition) is 1. The molecule has 0 atom stereocenters. The number of hydrogen-bond acceptors (Lipinski definition) is 3. The van der Waals surface area contributed by atoms with Crippen LogP contribution in [0.4, 0.5) is 10.1 Å². The van der Waals surface area contributed by atoms with Crippen molar-refractivity contribution in [3.63, 3.8) is 0 Å². The van der Waals surface area contributed by atoms with Crippen LogP contribution in [0.15, 0.2) is 42.5 Å². The third-order valence-corrected chi connectivity index (χ3v) is 3.21. The van der Waals surface area contributed by atoms with Crippen molar-refractivity contribution in [1.29, 1.82) is 0 Å². The number of benzene rings is 2. The van der Waals surface area contributed by atoms with Crippen molar-refractivity contribution in [3.8, 4) is 0 Å². The molecule has 1 N–H and O–H groups in total. The van der Waals surface area contributed by atoms with Crippen molar-refractivity contribution >= 4 is 23.2 Å². The van der Waals surface area contributed by atoms with Crippen molar-refractivity contribution in [2.75, 3.05) is 0 Å². The minimum Gasteiger partial charge on any atom is -0.348 e. The van der Waals surface area contributed by atoms with E-state index in [0.717, 1.165) is 0 Å². The van der Waals surface area contributed by atoms with E-state index in [1.807, 2.05) is 0 Å². The molecule has 0 saturated carbocycles. The van der Waals surface area contributed by atoms with Gasteiger partial charge >= 0.3 is 0 Å². The second kappa shape index (κ2) is 6.32. The molecule has 0 aliphatic carbocycles. The lowest BCUT2D eigenvalue weighted by atomic mass is 10.1. The predicted octanol–water partition coefficient (Wildman–Crippen LogP) is 3.32. The summed E-state index contributed by atoms with van der Waals surface area (Å²) in [7, 11) is 0. The van der Waals surface area contributed by atoms with Crippen LogP contribution in [0, 0.1) is 15.9 Å². The highest BCUT2D eigenvalue weighted by Gasteiger charge is 2.19. The largest absolute Gasteiger partial charge is 0.348 e. The van der Waals surface area contributed by atoms with E-state index in [9.17, 15) is 19.3 Å². The molecule has 2 rings (SSSR count). The number of nitrogens with zero attached hydrogens (tertiary/aromatic N) is 1. The van der Waals surface area contributed by atoms with Gasteiger partial charge in [-0.3, -0.25) is 14.9 Å². The molecule has 5 nitrogen and oxygen atoms in total. The van der Waals surface area contributed by atoms with Gasteiger partial charge < -0.3 is 5.32 Å². The maximum atomic E-state index is 13.4. The van der Waals surface area contributed by atoms with E-state index in [-0.39, 0.29) is 22.8 Å². The molecule has 0 saturated heterocycles. The molecule has 7 heteroatoms. The molecule has 0 heterocycles. The summed E-state index contributed by atoms with van der Waals surface area (Å²) in [6.07, 6.45) is 0. The molecular weight excluding hydrogens is 299 g/mol. The van der Waals surface area contributed by atoms with Gasteiger partial charge in [0.15, 0.2) is 0 Å². The van der Waals surface area contributed by atoms with Crippen LogP contribution in [0.25, 0.3) is 0 Å². The molecule has 21 heavy (non-hydrogen) atoms. The summed E-state index contributed by atoms with van der Waals surface area (Å²) in [5.74, 6) is -1.05. The normalized spacial score (nSPS) is 10.2. The predicted molar refractivity (Wildman–Crippen MR) is 75.7 cm³/mol. The molecular formula is C14H10ClFN2O3. The standard InChI is InChI=1S/C14H10ClFN2O3/c15-13-10(5-3-7-12(13)18(20)21)14(19)17-8-9-4-1-2-6-11(9)16/h1-7H,8H2,(H,17,19). The van der Waals surface area contributed by atoms with Gasteiger partial charge in [-0.2, -0.15) is 0 Å². The Hall–Kier alpha value is -2.47. The second-order valence-electron chi connectivity index (χ2n) is 4.17. The molecule has 0 bridgehead atoms. The summed E-state index contributed by atoms with van der Waals surface area (Å²) in [6, 6.07) is 9.93. The van der Waals surface area contributed by atoms with E-state index < -0.39 is 16.6 Å². The van der Waals surface area contributed by atoms with Gasteiger partial charge in [0.05, 0.1) is 10.5 Å². The lowest BCUT2D eigenvalue weighted by Crippen LogP contribution is -2.23. The van der Waals surface area contributed by atoms with Gasteiger partial charge in [0, 0.05) is 18.2 Å². The molecule has 108 valence electrons. The molecule has 0 unspecified atom stereocenters. The minimum absolute atomic E-state index is 0.0257. The number of carbonyl (C=O) groups excluding carboxylic acids is 1. The van der Waals surface area contributed by atoms with Crippen LogP contribution < -0.4 is 5.32 Å². The summed E-state index contributed by atoms with van der Waals surface area (Å²) in [5.41, 5.74) is -0.0650. The maximum Gasteiger partial charge on any atom is 0.288 e. The summed E-state index contributed by atoms with van der Waals surface area (Å²) >= 11 is 5.84. The zero-order valence-corrected chi connectivity index (χ0v) is 11.4. The Kier molecular flexibility index (Phi) is 4.49. The third kappa shape index (κ3) is 3.35. The number of nitro groups is 1. The fraction of sp³-hybridized carbons (Fsp3) is 0.0714. The van der Waals surface area contributed by atoms with Crippen LogP contribution in [-0.4, -0.2) is 10.8 Å². The number of nitrogens with one attached hydrogen (secondary N) is 1. The smallest absolute Gasteiger partial charge is 0.288 e. The van der Waals surface area contributed by atoms with E-state index >= 15 is 0 Å². The topological polar surface area (TPSA) is 72.2 Å². The zero-order valence-electron chi connectivity index (χ0n) is 10.7. The Bertz CT molecular complexity index is 706. The van der Waals surface area contributed by atoms with E-state index in [1.54, 1.807) is 6.07 Å². The zero-order chi connectivity index (χ0) is 15.4. The highest BCUT2D eigenvalue weighted by molar-refractivity contribution is 6.35. The first-order valence-corrected chi connectivity index (χ1v) is 6.33. The van der Waals surface area contributed by atoms with Crippen LogP contribution in [0.3, 0.4) is 0 Å². The number of nitro benzene ring substituents is 1. The van der Waals surface area contributed by atoms with E-state index in [2.05, 4.69) is 5.32 Å². The Balaban J connectivity index is 2.16. The minimum atomic E-state index is -0.671. The molecule has 2 aromatic rings. The first-order valence-electron chi connectivity index (χ1n) is 5.95. The van der Waals surface area contributed by atoms with Gasteiger partial charge in [0.1, 0.15) is 10.8 Å².